The second kappa shape index (κ2) is 10.6. The average Bonchev–Trinajstić information content (AvgIpc) is 3.29. The number of carbonyl (C=O) groups is 1. The fourth-order valence-electron chi connectivity index (χ4n) is 4.17. The fourth-order valence-corrected chi connectivity index (χ4v) is 4.55. The molecule has 4 N–H and O–H groups in total. The molecule has 1 fully saturated rings. The molecule has 1 aromatic heterocycles. The van der Waals surface area contributed by atoms with Gasteiger partial charge in [0, 0.05) is 30.8 Å². The number of pyridine rings is 1. The van der Waals surface area contributed by atoms with E-state index in [2.05, 4.69) is 10.3 Å². The smallest absolute Gasteiger partial charge is 0.356 e. The van der Waals surface area contributed by atoms with E-state index < -0.39 is 34.9 Å². The summed E-state index contributed by atoms with van der Waals surface area (Å²) >= 11 is -2.56. The van der Waals surface area contributed by atoms with E-state index >= 15 is 0 Å². The monoisotopic (exact) mass is 514 g/mol. The molecule has 1 amide bonds. The van der Waals surface area contributed by atoms with Gasteiger partial charge in [0.25, 0.3) is 0 Å². The zero-order chi connectivity index (χ0) is 26.0. The summed E-state index contributed by atoms with van der Waals surface area (Å²) in [7, 11) is 0. The number of amides is 1. The first kappa shape index (κ1) is 27.1. The number of benzene rings is 1. The summed E-state index contributed by atoms with van der Waals surface area (Å²) in [6.07, 6.45) is -2.81. The van der Waals surface area contributed by atoms with Gasteiger partial charge in [0.15, 0.2) is 5.72 Å². The predicted molar refractivity (Wildman–Crippen MR) is 126 cm³/mol. The van der Waals surface area contributed by atoms with Gasteiger partial charge in [-0.15, -0.1) is 0 Å². The fraction of sp³-hybridized carbons (Fsp3) is 0.478. The van der Waals surface area contributed by atoms with Crippen LogP contribution >= 0.6 is 0 Å². The van der Waals surface area contributed by atoms with Gasteiger partial charge in [0.1, 0.15) is 11.5 Å². The third kappa shape index (κ3) is 6.57. The van der Waals surface area contributed by atoms with E-state index in [0.29, 0.717) is 35.3 Å². The van der Waals surface area contributed by atoms with E-state index in [0.717, 1.165) is 18.9 Å². The topological polar surface area (TPSA) is 118 Å². The molecule has 0 saturated carbocycles. The highest BCUT2D eigenvalue weighted by Crippen LogP contribution is 2.32. The first-order valence-corrected chi connectivity index (χ1v) is 12.1. The average molecular weight is 515 g/mol. The number of halogens is 3. The molecule has 0 spiro atoms. The van der Waals surface area contributed by atoms with Crippen molar-refractivity contribution in [2.45, 2.75) is 58.0 Å². The van der Waals surface area contributed by atoms with Gasteiger partial charge < -0.3 is 10.2 Å². The summed E-state index contributed by atoms with van der Waals surface area (Å²) in [6, 6.07) is 7.34. The molecule has 2 heterocycles. The Bertz CT molecular complexity index is 1100. The summed E-state index contributed by atoms with van der Waals surface area (Å²) in [4.78, 5) is 18.5. The molecule has 0 aliphatic carbocycles. The van der Waals surface area contributed by atoms with Crippen molar-refractivity contribution in [2.24, 2.45) is 5.73 Å². The van der Waals surface area contributed by atoms with Crippen LogP contribution in [0.15, 0.2) is 30.3 Å². The van der Waals surface area contributed by atoms with Crippen LogP contribution in [0.25, 0.3) is 0 Å². The summed E-state index contributed by atoms with van der Waals surface area (Å²) in [6.45, 7) is 6.17. The maximum Gasteiger partial charge on any atom is 0.433 e. The quantitative estimate of drug-likeness (QED) is 0.363. The highest BCUT2D eigenvalue weighted by molar-refractivity contribution is 7.74. The van der Waals surface area contributed by atoms with Crippen molar-refractivity contribution in [3.8, 4) is 0 Å². The molecule has 3 rings (SSSR count). The number of nitrogens with zero attached hydrogens (tertiary/aromatic N) is 2. The lowest BCUT2D eigenvalue weighted by molar-refractivity contribution is -0.141. The van der Waals surface area contributed by atoms with Crippen LogP contribution < -0.4 is 16.0 Å². The van der Waals surface area contributed by atoms with Gasteiger partial charge in [0.2, 0.25) is 5.91 Å². The van der Waals surface area contributed by atoms with E-state index in [4.69, 9.17) is 14.5 Å². The molecule has 1 aliphatic rings. The Morgan fingerprint density at radius 3 is 2.51 bits per heavy atom. The maximum atomic E-state index is 13.2. The van der Waals surface area contributed by atoms with Crippen molar-refractivity contribution in [3.05, 3.63) is 58.3 Å². The van der Waals surface area contributed by atoms with Crippen LogP contribution in [0.4, 0.5) is 19.0 Å². The van der Waals surface area contributed by atoms with Gasteiger partial charge in [-0.3, -0.25) is 15.1 Å². The number of rotatable bonds is 8. The standard InChI is InChI=1S/C23H29F3N4O4S/c1-14-12-16(6-8-18(14)22(3,27)34-35(32)33)15(2)21(31)28-13-17-7-9-19(23(24,25)26)29-20(17)30-10-4-5-11-30/h6-9,12,15H,4-5,10-11,13,27H2,1-3H3,(H,28,31)(H,32,33). The summed E-state index contributed by atoms with van der Waals surface area (Å²) in [5, 5.41) is 2.80. The van der Waals surface area contributed by atoms with E-state index in [1.54, 1.807) is 32.0 Å². The minimum absolute atomic E-state index is 0.0359. The van der Waals surface area contributed by atoms with Gasteiger partial charge >= 0.3 is 17.5 Å². The number of carbonyl (C=O) groups excluding carboxylic acids is 1. The van der Waals surface area contributed by atoms with Gasteiger partial charge in [-0.25, -0.2) is 9.17 Å². The molecule has 1 aromatic carbocycles. The first-order valence-electron chi connectivity index (χ1n) is 11.1. The Morgan fingerprint density at radius 2 is 1.94 bits per heavy atom. The minimum Gasteiger partial charge on any atom is -0.356 e. The Labute approximate surface area is 204 Å². The van der Waals surface area contributed by atoms with Crippen molar-refractivity contribution in [1.29, 1.82) is 0 Å². The molecule has 1 saturated heterocycles. The molecule has 1 aliphatic heterocycles. The third-order valence-electron chi connectivity index (χ3n) is 6.03. The van der Waals surface area contributed by atoms with Crippen molar-refractivity contribution in [1.82, 2.24) is 10.3 Å². The van der Waals surface area contributed by atoms with Gasteiger partial charge in [-0.05, 0) is 50.8 Å². The molecule has 12 heteroatoms. The first-order chi connectivity index (χ1) is 16.3. The highest BCUT2D eigenvalue weighted by atomic mass is 32.2. The van der Waals surface area contributed by atoms with Crippen molar-refractivity contribution >= 4 is 23.1 Å². The molecular weight excluding hydrogens is 485 g/mol. The van der Waals surface area contributed by atoms with Crippen LogP contribution in [0.1, 0.15) is 60.6 Å². The Kier molecular flexibility index (Phi) is 8.20. The number of hydrogen-bond acceptors (Lipinski definition) is 6. The van der Waals surface area contributed by atoms with E-state index in [-0.39, 0.29) is 18.3 Å². The molecule has 192 valence electrons. The van der Waals surface area contributed by atoms with E-state index in [9.17, 15) is 22.2 Å². The summed E-state index contributed by atoms with van der Waals surface area (Å²) < 4.78 is 64.5. The lowest BCUT2D eigenvalue weighted by Gasteiger charge is -2.25. The van der Waals surface area contributed by atoms with Crippen LogP contribution in [0.5, 0.6) is 0 Å². The zero-order valence-electron chi connectivity index (χ0n) is 19.7. The number of hydrogen-bond donors (Lipinski definition) is 3. The largest absolute Gasteiger partial charge is 0.433 e. The Hall–Kier alpha value is -2.54. The number of aryl methyl sites for hydroxylation is 1. The van der Waals surface area contributed by atoms with Gasteiger partial charge in [-0.1, -0.05) is 24.3 Å². The number of nitrogens with one attached hydrogen (secondary N) is 1. The number of nitrogens with two attached hydrogens (primary N) is 1. The molecule has 8 nitrogen and oxygen atoms in total. The van der Waals surface area contributed by atoms with Crippen molar-refractivity contribution < 1.29 is 30.9 Å². The number of alkyl halides is 3. The number of anilines is 1. The van der Waals surface area contributed by atoms with E-state index in [1.807, 2.05) is 4.90 Å². The predicted octanol–water partition coefficient (Wildman–Crippen LogP) is 3.71. The van der Waals surface area contributed by atoms with Crippen LogP contribution in [-0.4, -0.2) is 32.7 Å². The molecule has 0 radical (unpaired) electrons. The molecule has 35 heavy (non-hydrogen) atoms. The summed E-state index contributed by atoms with van der Waals surface area (Å²) in [5.74, 6) is -0.640. The molecular formula is C23H29F3N4O4S. The molecule has 3 atom stereocenters. The molecule has 3 unspecified atom stereocenters. The lowest BCUT2D eigenvalue weighted by Crippen LogP contribution is -2.37. The minimum atomic E-state index is -4.55. The summed E-state index contributed by atoms with van der Waals surface area (Å²) in [5.41, 5.74) is 5.89. The van der Waals surface area contributed by atoms with E-state index in [1.165, 1.54) is 13.0 Å². The number of aromatic nitrogens is 1. The Balaban J connectivity index is 1.75. The Morgan fingerprint density at radius 1 is 1.29 bits per heavy atom. The second-order valence-electron chi connectivity index (χ2n) is 8.79. The maximum absolute atomic E-state index is 13.2. The van der Waals surface area contributed by atoms with Crippen LogP contribution in [0.3, 0.4) is 0 Å². The molecule has 2 aromatic rings. The lowest BCUT2D eigenvalue weighted by atomic mass is 9.92. The van der Waals surface area contributed by atoms with Crippen molar-refractivity contribution in [3.63, 3.8) is 0 Å². The van der Waals surface area contributed by atoms with Crippen molar-refractivity contribution in [2.75, 3.05) is 18.0 Å². The van der Waals surface area contributed by atoms with Gasteiger partial charge in [0.05, 0.1) is 5.92 Å². The van der Waals surface area contributed by atoms with Crippen LogP contribution in [0.2, 0.25) is 0 Å². The third-order valence-corrected chi connectivity index (χ3v) is 6.52. The molecule has 0 bridgehead atoms. The van der Waals surface area contributed by atoms with Crippen LogP contribution in [0, 0.1) is 6.92 Å². The SMILES string of the molecule is Cc1cc(C(C)C(=O)NCc2ccc(C(F)(F)F)nc2N2CCCC2)ccc1C(C)(N)OS(=O)O. The zero-order valence-corrected chi connectivity index (χ0v) is 20.5. The van der Waals surface area contributed by atoms with Crippen LogP contribution in [-0.2, 0) is 38.8 Å². The highest BCUT2D eigenvalue weighted by Gasteiger charge is 2.34. The second-order valence-corrected chi connectivity index (χ2v) is 9.39. The normalized spacial score (nSPS) is 17.7. The van der Waals surface area contributed by atoms with Gasteiger partial charge in [-0.2, -0.15) is 17.4 Å².